The van der Waals surface area contributed by atoms with Gasteiger partial charge in [-0.15, -0.1) is 0 Å². The Kier molecular flexibility index (Phi) is 5.87. The van der Waals surface area contributed by atoms with E-state index < -0.39 is 23.9 Å². The van der Waals surface area contributed by atoms with Gasteiger partial charge < -0.3 is 15.6 Å². The number of carboxylic acid groups (broad SMARTS) is 1. The lowest BCUT2D eigenvalue weighted by molar-refractivity contribution is -0.152. The molecule has 0 spiro atoms. The Balaban J connectivity index is 4.37. The molecule has 0 aliphatic heterocycles. The third-order valence-corrected chi connectivity index (χ3v) is 2.09. The minimum Gasteiger partial charge on any atom is -0.480 e. The Hall–Kier alpha value is -1.10. The fraction of sp³-hybridized carbons (Fsp3) is 0.778. The van der Waals surface area contributed by atoms with E-state index in [9.17, 15) is 9.59 Å². The minimum atomic E-state index is -1.17. The van der Waals surface area contributed by atoms with Gasteiger partial charge in [0, 0.05) is 0 Å². The topological polar surface area (TPSA) is 89.6 Å². The molecule has 82 valence electrons. The zero-order valence-corrected chi connectivity index (χ0v) is 8.53. The predicted octanol–water partition coefficient (Wildman–Crippen LogP) is 0.378. The summed E-state index contributed by atoms with van der Waals surface area (Å²) < 4.78 is 4.50. The van der Waals surface area contributed by atoms with E-state index in [0.717, 1.165) is 12.8 Å². The molecule has 0 aromatic heterocycles. The fourth-order valence-electron chi connectivity index (χ4n) is 1.19. The predicted molar refractivity (Wildman–Crippen MR) is 50.6 cm³/mol. The number of nitrogens with two attached hydrogens (primary N) is 1. The molecule has 0 aromatic carbocycles. The Morgan fingerprint density at radius 1 is 1.50 bits per heavy atom. The third kappa shape index (κ3) is 3.74. The standard InChI is InChI=1S/C9H17NO4/c1-3-4-5-6(9(13)14-2)7(10)8(11)12/h6-7H,3-5,10H2,1-2H3,(H,11,12)/t6?,7-/m0/s1. The smallest absolute Gasteiger partial charge is 0.321 e. The molecule has 0 aliphatic rings. The third-order valence-electron chi connectivity index (χ3n) is 2.09. The first-order valence-corrected chi connectivity index (χ1v) is 4.60. The molecule has 0 aliphatic carbocycles. The SMILES string of the molecule is CCCCC(C(=O)OC)[C@H](N)C(=O)O. The first-order chi connectivity index (χ1) is 6.54. The maximum atomic E-state index is 11.2. The van der Waals surface area contributed by atoms with Crippen LogP contribution in [-0.4, -0.2) is 30.2 Å². The molecule has 0 fully saturated rings. The first-order valence-electron chi connectivity index (χ1n) is 4.60. The van der Waals surface area contributed by atoms with Gasteiger partial charge in [0.25, 0.3) is 0 Å². The Morgan fingerprint density at radius 2 is 2.07 bits per heavy atom. The molecule has 0 rings (SSSR count). The van der Waals surface area contributed by atoms with Crippen LogP contribution < -0.4 is 5.73 Å². The molecule has 0 amide bonds. The summed E-state index contributed by atoms with van der Waals surface area (Å²) in [6, 6.07) is -1.17. The highest BCUT2D eigenvalue weighted by atomic mass is 16.5. The molecular formula is C9H17NO4. The van der Waals surface area contributed by atoms with Crippen molar-refractivity contribution in [2.45, 2.75) is 32.2 Å². The van der Waals surface area contributed by atoms with Crippen LogP contribution in [0.2, 0.25) is 0 Å². The Labute approximate surface area is 83.2 Å². The van der Waals surface area contributed by atoms with Gasteiger partial charge in [-0.05, 0) is 6.42 Å². The minimum absolute atomic E-state index is 0.455. The van der Waals surface area contributed by atoms with Crippen LogP contribution in [0.25, 0.3) is 0 Å². The average Bonchev–Trinajstić information content (AvgIpc) is 2.17. The van der Waals surface area contributed by atoms with E-state index in [1.165, 1.54) is 7.11 Å². The lowest BCUT2D eigenvalue weighted by Crippen LogP contribution is -2.42. The van der Waals surface area contributed by atoms with Gasteiger partial charge in [0.05, 0.1) is 13.0 Å². The van der Waals surface area contributed by atoms with Gasteiger partial charge in [0.2, 0.25) is 0 Å². The highest BCUT2D eigenvalue weighted by Crippen LogP contribution is 2.13. The number of carbonyl (C=O) groups is 2. The normalized spacial score (nSPS) is 14.5. The maximum Gasteiger partial charge on any atom is 0.321 e. The summed E-state index contributed by atoms with van der Waals surface area (Å²) in [5.74, 6) is -2.46. The quantitative estimate of drug-likeness (QED) is 0.609. The summed E-state index contributed by atoms with van der Waals surface area (Å²) in [5.41, 5.74) is 5.38. The van der Waals surface area contributed by atoms with Gasteiger partial charge in [-0.2, -0.15) is 0 Å². The zero-order chi connectivity index (χ0) is 11.1. The molecule has 5 nitrogen and oxygen atoms in total. The van der Waals surface area contributed by atoms with E-state index in [-0.39, 0.29) is 0 Å². The highest BCUT2D eigenvalue weighted by molar-refractivity contribution is 5.83. The van der Waals surface area contributed by atoms with Crippen LogP contribution in [0.5, 0.6) is 0 Å². The van der Waals surface area contributed by atoms with E-state index in [2.05, 4.69) is 4.74 Å². The van der Waals surface area contributed by atoms with Crippen molar-refractivity contribution in [3.8, 4) is 0 Å². The maximum absolute atomic E-state index is 11.2. The number of rotatable bonds is 6. The van der Waals surface area contributed by atoms with Crippen LogP contribution in [0.15, 0.2) is 0 Å². The summed E-state index contributed by atoms with van der Waals surface area (Å²) in [5, 5.41) is 8.66. The van der Waals surface area contributed by atoms with Crippen LogP contribution >= 0.6 is 0 Å². The van der Waals surface area contributed by atoms with E-state index in [1.807, 2.05) is 6.92 Å². The zero-order valence-electron chi connectivity index (χ0n) is 8.53. The monoisotopic (exact) mass is 203 g/mol. The molecule has 2 atom stereocenters. The Bertz CT molecular complexity index is 205. The van der Waals surface area contributed by atoms with Crippen LogP contribution in [-0.2, 0) is 14.3 Å². The summed E-state index contributed by atoms with van der Waals surface area (Å²) in [4.78, 5) is 21.8. The summed E-state index contributed by atoms with van der Waals surface area (Å²) in [6.45, 7) is 1.96. The van der Waals surface area contributed by atoms with Crippen molar-refractivity contribution >= 4 is 11.9 Å². The van der Waals surface area contributed by atoms with Crippen molar-refractivity contribution in [3.05, 3.63) is 0 Å². The molecule has 0 saturated heterocycles. The summed E-state index contributed by atoms with van der Waals surface area (Å²) in [6.07, 6.45) is 2.11. The second-order valence-corrected chi connectivity index (χ2v) is 3.14. The first kappa shape index (κ1) is 12.9. The number of unbranched alkanes of at least 4 members (excludes halogenated alkanes) is 1. The molecule has 3 N–H and O–H groups in total. The van der Waals surface area contributed by atoms with Crippen molar-refractivity contribution in [1.29, 1.82) is 0 Å². The number of ether oxygens (including phenoxy) is 1. The molecule has 5 heteroatoms. The van der Waals surface area contributed by atoms with E-state index in [1.54, 1.807) is 0 Å². The van der Waals surface area contributed by atoms with Gasteiger partial charge in [-0.1, -0.05) is 19.8 Å². The van der Waals surface area contributed by atoms with Gasteiger partial charge in [0.1, 0.15) is 6.04 Å². The lowest BCUT2D eigenvalue weighted by atomic mass is 9.94. The van der Waals surface area contributed by atoms with Crippen LogP contribution in [0.3, 0.4) is 0 Å². The second-order valence-electron chi connectivity index (χ2n) is 3.14. The lowest BCUT2D eigenvalue weighted by Gasteiger charge is -2.17. The number of esters is 1. The molecule has 1 unspecified atom stereocenters. The second kappa shape index (κ2) is 6.37. The van der Waals surface area contributed by atoms with Crippen molar-refractivity contribution in [2.24, 2.45) is 11.7 Å². The number of hydrogen-bond donors (Lipinski definition) is 2. The number of methoxy groups -OCH3 is 1. The number of aliphatic carboxylic acids is 1. The van der Waals surface area contributed by atoms with Crippen LogP contribution in [0.4, 0.5) is 0 Å². The number of carbonyl (C=O) groups excluding carboxylic acids is 1. The van der Waals surface area contributed by atoms with Gasteiger partial charge in [0.15, 0.2) is 0 Å². The van der Waals surface area contributed by atoms with Crippen LogP contribution in [0.1, 0.15) is 26.2 Å². The van der Waals surface area contributed by atoms with Crippen molar-refractivity contribution < 1.29 is 19.4 Å². The molecule has 0 saturated carbocycles. The molecule has 0 bridgehead atoms. The van der Waals surface area contributed by atoms with Gasteiger partial charge >= 0.3 is 11.9 Å². The molecule has 0 heterocycles. The fourth-order valence-corrected chi connectivity index (χ4v) is 1.19. The van der Waals surface area contributed by atoms with Crippen LogP contribution in [0, 0.1) is 5.92 Å². The number of carboxylic acids is 1. The van der Waals surface area contributed by atoms with Crippen molar-refractivity contribution in [3.63, 3.8) is 0 Å². The Morgan fingerprint density at radius 3 is 2.43 bits per heavy atom. The molecule has 0 aromatic rings. The molecular weight excluding hydrogens is 186 g/mol. The van der Waals surface area contributed by atoms with Crippen molar-refractivity contribution in [1.82, 2.24) is 0 Å². The number of hydrogen-bond acceptors (Lipinski definition) is 4. The van der Waals surface area contributed by atoms with E-state index >= 15 is 0 Å². The highest BCUT2D eigenvalue weighted by Gasteiger charge is 2.30. The molecule has 14 heavy (non-hydrogen) atoms. The van der Waals surface area contributed by atoms with Gasteiger partial charge in [-0.25, -0.2) is 0 Å². The van der Waals surface area contributed by atoms with E-state index in [0.29, 0.717) is 6.42 Å². The van der Waals surface area contributed by atoms with Crippen molar-refractivity contribution in [2.75, 3.05) is 7.11 Å². The summed E-state index contributed by atoms with van der Waals surface area (Å²) >= 11 is 0. The summed E-state index contributed by atoms with van der Waals surface area (Å²) in [7, 11) is 1.23. The average molecular weight is 203 g/mol. The van der Waals surface area contributed by atoms with Gasteiger partial charge in [-0.3, -0.25) is 9.59 Å². The van der Waals surface area contributed by atoms with E-state index in [4.69, 9.17) is 10.8 Å². The molecule has 0 radical (unpaired) electrons. The largest absolute Gasteiger partial charge is 0.480 e.